The molecule has 0 N–H and O–H groups in total. The van der Waals surface area contributed by atoms with Crippen LogP contribution in [-0.4, -0.2) is 4.57 Å². The van der Waals surface area contributed by atoms with Gasteiger partial charge in [0.25, 0.3) is 0 Å². The highest BCUT2D eigenvalue weighted by molar-refractivity contribution is 9.11. The van der Waals surface area contributed by atoms with Crippen molar-refractivity contribution >= 4 is 65.3 Å². The number of benzene rings is 3. The van der Waals surface area contributed by atoms with Crippen LogP contribution in [0.2, 0.25) is 5.02 Å². The first-order valence-corrected chi connectivity index (χ1v) is 12.2. The van der Waals surface area contributed by atoms with Gasteiger partial charge in [0.2, 0.25) is 0 Å². The van der Waals surface area contributed by atoms with Gasteiger partial charge in [0.15, 0.2) is 5.82 Å². The van der Waals surface area contributed by atoms with E-state index in [1.807, 2.05) is 0 Å². The summed E-state index contributed by atoms with van der Waals surface area (Å²) in [6.07, 6.45) is 0. The van der Waals surface area contributed by atoms with E-state index in [2.05, 4.69) is 114 Å². The van der Waals surface area contributed by atoms with Crippen molar-refractivity contribution in [3.05, 3.63) is 73.4 Å². The summed E-state index contributed by atoms with van der Waals surface area (Å²) in [6.45, 7) is 13.3. The fourth-order valence-corrected chi connectivity index (χ4v) is 5.81. The molecule has 0 saturated heterocycles. The fraction of sp³-hybridized carbons (Fsp3) is 0.308. The number of hydrogen-bond donors (Lipinski definition) is 0. The molecule has 31 heavy (non-hydrogen) atoms. The van der Waals surface area contributed by atoms with Crippen LogP contribution in [0.3, 0.4) is 0 Å². The second-order valence-electron chi connectivity index (χ2n) is 10.1. The maximum absolute atomic E-state index is 14.8. The van der Waals surface area contributed by atoms with Gasteiger partial charge in [-0.3, -0.25) is 0 Å². The molecule has 1 heterocycles. The minimum atomic E-state index is -0.465. The summed E-state index contributed by atoms with van der Waals surface area (Å²) in [7, 11) is 0. The van der Waals surface area contributed by atoms with E-state index < -0.39 is 5.82 Å². The van der Waals surface area contributed by atoms with Crippen molar-refractivity contribution in [1.29, 1.82) is 0 Å². The van der Waals surface area contributed by atoms with Crippen LogP contribution < -0.4 is 0 Å². The van der Waals surface area contributed by atoms with Gasteiger partial charge >= 0.3 is 0 Å². The third-order valence-electron chi connectivity index (χ3n) is 5.81. The first kappa shape index (κ1) is 22.8. The molecule has 4 aromatic rings. The minimum Gasteiger partial charge on any atom is -0.307 e. The van der Waals surface area contributed by atoms with Crippen LogP contribution in [0.25, 0.3) is 27.5 Å². The number of aromatic nitrogens is 1. The standard InChI is InChI=1S/C26H25Br2ClFN/c1-25(2,3)14-7-9-20-16(11-14)17-12-15(26(4,5)6)8-10-21(17)31(20)24-19(28)13-18(27)23(30)22(24)29/h7-13H,1-6H3. The van der Waals surface area contributed by atoms with Crippen molar-refractivity contribution in [2.75, 3.05) is 0 Å². The molecule has 0 aliphatic rings. The molecular formula is C26H25Br2ClFN. The summed E-state index contributed by atoms with van der Waals surface area (Å²) < 4.78 is 17.9. The lowest BCUT2D eigenvalue weighted by molar-refractivity contribution is 0.590. The van der Waals surface area contributed by atoms with Gasteiger partial charge in [-0.1, -0.05) is 65.3 Å². The van der Waals surface area contributed by atoms with E-state index in [1.54, 1.807) is 6.07 Å². The Hall–Kier alpha value is -1.36. The van der Waals surface area contributed by atoms with Crippen molar-refractivity contribution in [2.24, 2.45) is 0 Å². The molecule has 0 unspecified atom stereocenters. The number of halogens is 4. The molecule has 0 spiro atoms. The molecule has 1 aromatic heterocycles. The molecule has 0 aliphatic carbocycles. The van der Waals surface area contributed by atoms with E-state index in [-0.39, 0.29) is 15.9 Å². The Morgan fingerprint density at radius 3 is 1.61 bits per heavy atom. The Morgan fingerprint density at radius 2 is 1.19 bits per heavy atom. The predicted octanol–water partition coefficient (Wildman–Crippen LogP) is 9.70. The Labute approximate surface area is 204 Å². The Morgan fingerprint density at radius 1 is 0.742 bits per heavy atom. The molecule has 4 rings (SSSR count). The van der Waals surface area contributed by atoms with Gasteiger partial charge in [-0.05, 0) is 84.1 Å². The van der Waals surface area contributed by atoms with Gasteiger partial charge in [-0.2, -0.15) is 0 Å². The predicted molar refractivity (Wildman–Crippen MR) is 139 cm³/mol. The molecule has 0 aliphatic heterocycles. The molecule has 0 amide bonds. The lowest BCUT2D eigenvalue weighted by Gasteiger charge is -2.19. The number of nitrogens with zero attached hydrogens (tertiary/aromatic N) is 1. The van der Waals surface area contributed by atoms with E-state index in [1.165, 1.54) is 11.1 Å². The maximum Gasteiger partial charge on any atom is 0.158 e. The van der Waals surface area contributed by atoms with Crippen molar-refractivity contribution in [3.63, 3.8) is 0 Å². The topological polar surface area (TPSA) is 4.93 Å². The minimum absolute atomic E-state index is 0.0200. The fourth-order valence-electron chi connectivity index (χ4n) is 3.96. The van der Waals surface area contributed by atoms with Crippen LogP contribution in [0.15, 0.2) is 51.4 Å². The van der Waals surface area contributed by atoms with Crippen molar-refractivity contribution in [2.45, 2.75) is 52.4 Å². The first-order valence-electron chi connectivity index (χ1n) is 10.2. The van der Waals surface area contributed by atoms with Gasteiger partial charge in [0, 0.05) is 15.2 Å². The third-order valence-corrected chi connectivity index (χ3v) is 7.34. The Bertz CT molecular complexity index is 1270. The van der Waals surface area contributed by atoms with Crippen LogP contribution in [0.1, 0.15) is 52.7 Å². The molecule has 5 heteroatoms. The summed E-state index contributed by atoms with van der Waals surface area (Å²) in [5, 5.41) is 2.36. The number of hydrogen-bond acceptors (Lipinski definition) is 0. The molecule has 162 valence electrons. The summed E-state index contributed by atoms with van der Waals surface area (Å²) in [4.78, 5) is 0. The van der Waals surface area contributed by atoms with E-state index >= 15 is 0 Å². The molecule has 0 fully saturated rings. The lowest BCUT2D eigenvalue weighted by Crippen LogP contribution is -2.10. The zero-order valence-electron chi connectivity index (χ0n) is 18.5. The Balaban J connectivity index is 2.19. The van der Waals surface area contributed by atoms with Gasteiger partial charge in [0.1, 0.15) is 5.02 Å². The van der Waals surface area contributed by atoms with E-state index in [0.717, 1.165) is 26.3 Å². The number of rotatable bonds is 1. The molecule has 0 radical (unpaired) electrons. The van der Waals surface area contributed by atoms with E-state index in [9.17, 15) is 4.39 Å². The molecule has 0 atom stereocenters. The van der Waals surface area contributed by atoms with E-state index in [4.69, 9.17) is 11.6 Å². The molecule has 3 aromatic carbocycles. The first-order chi connectivity index (χ1) is 14.3. The monoisotopic (exact) mass is 563 g/mol. The van der Waals surface area contributed by atoms with Crippen LogP contribution in [0.4, 0.5) is 4.39 Å². The highest BCUT2D eigenvalue weighted by atomic mass is 79.9. The highest BCUT2D eigenvalue weighted by Crippen LogP contribution is 2.42. The van der Waals surface area contributed by atoms with Crippen molar-refractivity contribution in [1.82, 2.24) is 4.57 Å². The maximum atomic E-state index is 14.8. The molecule has 0 bridgehead atoms. The zero-order valence-corrected chi connectivity index (χ0v) is 22.4. The van der Waals surface area contributed by atoms with Crippen LogP contribution >= 0.6 is 43.5 Å². The van der Waals surface area contributed by atoms with Crippen molar-refractivity contribution in [3.8, 4) is 5.69 Å². The molecular weight excluding hydrogens is 541 g/mol. The van der Waals surface area contributed by atoms with Crippen LogP contribution in [-0.2, 0) is 10.8 Å². The summed E-state index contributed by atoms with van der Waals surface area (Å²) in [5.41, 5.74) is 5.16. The van der Waals surface area contributed by atoms with Gasteiger partial charge in [0.05, 0.1) is 21.2 Å². The summed E-state index contributed by atoms with van der Waals surface area (Å²) in [5.74, 6) is -0.465. The second kappa shape index (κ2) is 7.60. The van der Waals surface area contributed by atoms with E-state index in [0.29, 0.717) is 10.2 Å². The summed E-state index contributed by atoms with van der Waals surface area (Å²) in [6, 6.07) is 14.8. The SMILES string of the molecule is CC(C)(C)c1ccc2c(c1)c1cc(C(C)(C)C)ccc1n2-c1c(Br)cc(Br)c(F)c1Cl. The third kappa shape index (κ3) is 3.85. The van der Waals surface area contributed by atoms with Crippen LogP contribution in [0.5, 0.6) is 0 Å². The normalized spacial score (nSPS) is 12.8. The molecule has 1 nitrogen and oxygen atoms in total. The molecule has 0 saturated carbocycles. The Kier molecular flexibility index (Phi) is 5.60. The quantitative estimate of drug-likeness (QED) is 0.160. The second-order valence-corrected chi connectivity index (χ2v) is 12.2. The highest BCUT2D eigenvalue weighted by Gasteiger charge is 2.24. The average molecular weight is 566 g/mol. The largest absolute Gasteiger partial charge is 0.307 e. The zero-order chi connectivity index (χ0) is 22.9. The number of fused-ring (bicyclic) bond motifs is 3. The summed E-state index contributed by atoms with van der Waals surface area (Å²) >= 11 is 13.4. The van der Waals surface area contributed by atoms with Gasteiger partial charge < -0.3 is 4.57 Å². The van der Waals surface area contributed by atoms with Crippen LogP contribution in [0, 0.1) is 5.82 Å². The van der Waals surface area contributed by atoms with Crippen molar-refractivity contribution < 1.29 is 4.39 Å². The van der Waals surface area contributed by atoms with Gasteiger partial charge in [-0.25, -0.2) is 4.39 Å². The van der Waals surface area contributed by atoms with Gasteiger partial charge in [-0.15, -0.1) is 0 Å². The average Bonchev–Trinajstić information content (AvgIpc) is 2.98. The smallest absolute Gasteiger partial charge is 0.158 e. The lowest BCUT2D eigenvalue weighted by atomic mass is 9.85.